The van der Waals surface area contributed by atoms with Crippen LogP contribution in [0.25, 0.3) is 0 Å². The van der Waals surface area contributed by atoms with Gasteiger partial charge in [-0.2, -0.15) is 0 Å². The second kappa shape index (κ2) is 5.53. The predicted octanol–water partition coefficient (Wildman–Crippen LogP) is 3.11. The lowest BCUT2D eigenvalue weighted by Crippen LogP contribution is -2.29. The predicted molar refractivity (Wildman–Crippen MR) is 83.7 cm³/mol. The number of nitrogens with one attached hydrogen (secondary N) is 1. The molecule has 4 rings (SSSR count). The van der Waals surface area contributed by atoms with Crippen LogP contribution in [-0.2, 0) is 12.8 Å². The van der Waals surface area contributed by atoms with Crippen molar-refractivity contribution in [3.8, 4) is 11.5 Å². The Morgan fingerprint density at radius 2 is 1.57 bits per heavy atom. The first-order valence-corrected chi connectivity index (χ1v) is 8.50. The van der Waals surface area contributed by atoms with Gasteiger partial charge in [0, 0.05) is 16.7 Å². The van der Waals surface area contributed by atoms with Gasteiger partial charge in [0.1, 0.15) is 11.5 Å². The fourth-order valence-corrected chi connectivity index (χ4v) is 4.25. The van der Waals surface area contributed by atoms with E-state index in [9.17, 15) is 0 Å². The fourth-order valence-electron chi connectivity index (χ4n) is 4.25. The molecule has 3 aliphatic heterocycles. The van der Waals surface area contributed by atoms with Crippen LogP contribution < -0.4 is 14.8 Å². The molecule has 1 aromatic carbocycles. The molecule has 0 radical (unpaired) electrons. The maximum absolute atomic E-state index is 6.18. The van der Waals surface area contributed by atoms with Crippen molar-refractivity contribution in [1.82, 2.24) is 5.32 Å². The molecule has 3 nitrogen and oxygen atoms in total. The first-order valence-electron chi connectivity index (χ1n) is 8.50. The standard InChI is InChI=1S/C18H25NO2/c1-12-14-4-2-11-21-18(14)16(13-6-8-19-9-7-13)15-5-3-10-20-17(12)15/h13,19H,2-11H2,1H3. The van der Waals surface area contributed by atoms with E-state index < -0.39 is 0 Å². The molecule has 0 aromatic heterocycles. The quantitative estimate of drug-likeness (QED) is 0.861. The number of rotatable bonds is 1. The monoisotopic (exact) mass is 287 g/mol. The van der Waals surface area contributed by atoms with Gasteiger partial charge in [0.2, 0.25) is 0 Å². The summed E-state index contributed by atoms with van der Waals surface area (Å²) in [5.74, 6) is 3.07. The number of hydrogen-bond acceptors (Lipinski definition) is 3. The van der Waals surface area contributed by atoms with Gasteiger partial charge in [-0.3, -0.25) is 0 Å². The average Bonchev–Trinajstić information content (AvgIpc) is 2.56. The number of benzene rings is 1. The van der Waals surface area contributed by atoms with Crippen LogP contribution in [0.3, 0.4) is 0 Å². The molecule has 21 heavy (non-hydrogen) atoms. The van der Waals surface area contributed by atoms with E-state index in [-0.39, 0.29) is 0 Å². The van der Waals surface area contributed by atoms with Crippen LogP contribution in [0.2, 0.25) is 0 Å². The zero-order valence-electron chi connectivity index (χ0n) is 13.0. The smallest absolute Gasteiger partial charge is 0.126 e. The van der Waals surface area contributed by atoms with Crippen LogP contribution in [0.5, 0.6) is 11.5 Å². The highest BCUT2D eigenvalue weighted by atomic mass is 16.5. The molecule has 0 unspecified atom stereocenters. The van der Waals surface area contributed by atoms with Gasteiger partial charge in [-0.05, 0) is 70.0 Å². The van der Waals surface area contributed by atoms with Crippen LogP contribution in [0.4, 0.5) is 0 Å². The van der Waals surface area contributed by atoms with E-state index >= 15 is 0 Å². The van der Waals surface area contributed by atoms with Crippen molar-refractivity contribution in [2.24, 2.45) is 0 Å². The van der Waals surface area contributed by atoms with Crippen molar-refractivity contribution in [3.05, 3.63) is 22.3 Å². The summed E-state index contributed by atoms with van der Waals surface area (Å²) in [5.41, 5.74) is 5.74. The molecular weight excluding hydrogens is 262 g/mol. The third kappa shape index (κ3) is 2.22. The van der Waals surface area contributed by atoms with Crippen LogP contribution >= 0.6 is 0 Å². The summed E-state index contributed by atoms with van der Waals surface area (Å²) in [6, 6.07) is 0. The third-order valence-electron chi connectivity index (χ3n) is 5.29. The van der Waals surface area contributed by atoms with Crippen molar-refractivity contribution in [2.75, 3.05) is 26.3 Å². The zero-order valence-corrected chi connectivity index (χ0v) is 13.0. The minimum atomic E-state index is 0.647. The normalized spacial score (nSPS) is 22.0. The van der Waals surface area contributed by atoms with Gasteiger partial charge in [-0.1, -0.05) is 0 Å². The van der Waals surface area contributed by atoms with E-state index in [1.807, 2.05) is 0 Å². The first-order chi connectivity index (χ1) is 10.4. The van der Waals surface area contributed by atoms with Crippen LogP contribution in [0, 0.1) is 6.92 Å². The van der Waals surface area contributed by atoms with Gasteiger partial charge < -0.3 is 14.8 Å². The lowest BCUT2D eigenvalue weighted by molar-refractivity contribution is 0.263. The highest BCUT2D eigenvalue weighted by Gasteiger charge is 2.31. The van der Waals surface area contributed by atoms with Crippen LogP contribution in [0.15, 0.2) is 0 Å². The Kier molecular flexibility index (Phi) is 3.54. The number of ether oxygens (including phenoxy) is 2. The molecule has 3 aliphatic rings. The number of piperidine rings is 1. The zero-order chi connectivity index (χ0) is 14.2. The summed E-state index contributed by atoms with van der Waals surface area (Å²) < 4.78 is 12.3. The molecule has 1 N–H and O–H groups in total. The van der Waals surface area contributed by atoms with Gasteiger partial charge in [0.05, 0.1) is 13.2 Å². The summed E-state index contributed by atoms with van der Waals surface area (Å²) in [5, 5.41) is 3.48. The van der Waals surface area contributed by atoms with Gasteiger partial charge in [-0.15, -0.1) is 0 Å². The van der Waals surface area contributed by atoms with E-state index in [1.165, 1.54) is 46.6 Å². The molecule has 1 aromatic rings. The van der Waals surface area contributed by atoms with E-state index in [0.29, 0.717) is 5.92 Å². The average molecular weight is 287 g/mol. The van der Waals surface area contributed by atoms with Gasteiger partial charge in [0.15, 0.2) is 0 Å². The lowest BCUT2D eigenvalue weighted by Gasteiger charge is -2.34. The van der Waals surface area contributed by atoms with E-state index in [0.717, 1.165) is 52.0 Å². The molecule has 1 saturated heterocycles. The fraction of sp³-hybridized carbons (Fsp3) is 0.667. The largest absolute Gasteiger partial charge is 0.493 e. The van der Waals surface area contributed by atoms with Crippen LogP contribution in [0.1, 0.15) is 53.9 Å². The molecule has 3 heteroatoms. The molecule has 0 aliphatic carbocycles. The van der Waals surface area contributed by atoms with Crippen molar-refractivity contribution in [3.63, 3.8) is 0 Å². The molecule has 114 valence electrons. The molecule has 0 amide bonds. The Morgan fingerprint density at radius 1 is 0.905 bits per heavy atom. The third-order valence-corrected chi connectivity index (χ3v) is 5.29. The minimum absolute atomic E-state index is 0.647. The van der Waals surface area contributed by atoms with Gasteiger partial charge in [-0.25, -0.2) is 0 Å². The van der Waals surface area contributed by atoms with E-state index in [1.54, 1.807) is 0 Å². The van der Waals surface area contributed by atoms with Crippen molar-refractivity contribution >= 4 is 0 Å². The highest BCUT2D eigenvalue weighted by Crippen LogP contribution is 2.47. The van der Waals surface area contributed by atoms with Gasteiger partial charge >= 0.3 is 0 Å². The minimum Gasteiger partial charge on any atom is -0.493 e. The molecule has 3 heterocycles. The van der Waals surface area contributed by atoms with Gasteiger partial charge in [0.25, 0.3) is 0 Å². The van der Waals surface area contributed by atoms with Crippen LogP contribution in [-0.4, -0.2) is 26.3 Å². The topological polar surface area (TPSA) is 30.5 Å². The molecule has 0 bridgehead atoms. The summed E-state index contributed by atoms with van der Waals surface area (Å²) in [4.78, 5) is 0. The molecule has 0 spiro atoms. The summed E-state index contributed by atoms with van der Waals surface area (Å²) in [7, 11) is 0. The molecular formula is C18H25NO2. The summed E-state index contributed by atoms with van der Waals surface area (Å²) in [6.07, 6.45) is 7.04. The molecule has 0 saturated carbocycles. The Morgan fingerprint density at radius 3 is 2.33 bits per heavy atom. The Balaban J connectivity index is 1.89. The first kappa shape index (κ1) is 13.4. The number of fused-ring (bicyclic) bond motifs is 2. The highest BCUT2D eigenvalue weighted by molar-refractivity contribution is 5.61. The number of hydrogen-bond donors (Lipinski definition) is 1. The maximum Gasteiger partial charge on any atom is 0.126 e. The Labute approximate surface area is 127 Å². The SMILES string of the molecule is Cc1c2c(c(C3CCNCC3)c3c1OCCC3)OCCC2. The Bertz CT molecular complexity index is 510. The molecule has 0 atom stereocenters. The van der Waals surface area contributed by atoms with E-state index in [4.69, 9.17) is 9.47 Å². The van der Waals surface area contributed by atoms with E-state index in [2.05, 4.69) is 12.2 Å². The lowest BCUT2D eigenvalue weighted by atomic mass is 9.80. The second-order valence-electron chi connectivity index (χ2n) is 6.58. The molecule has 1 fully saturated rings. The summed E-state index contributed by atoms with van der Waals surface area (Å²) in [6.45, 7) is 6.24. The van der Waals surface area contributed by atoms with Crippen molar-refractivity contribution < 1.29 is 9.47 Å². The maximum atomic E-state index is 6.18. The van der Waals surface area contributed by atoms with Crippen molar-refractivity contribution in [2.45, 2.75) is 51.4 Å². The Hall–Kier alpha value is -1.22. The second-order valence-corrected chi connectivity index (χ2v) is 6.58. The summed E-state index contributed by atoms with van der Waals surface area (Å²) >= 11 is 0. The van der Waals surface area contributed by atoms with Crippen molar-refractivity contribution in [1.29, 1.82) is 0 Å².